The van der Waals surface area contributed by atoms with E-state index in [2.05, 4.69) is 29.4 Å². The molecular formula is C44H62N4O9. The maximum Gasteiger partial charge on any atom is 0.405 e. The molecule has 3 amide bonds. The average molecular weight is 791 g/mol. The second kappa shape index (κ2) is 22.9. The minimum absolute atomic E-state index is 0.0229. The molecule has 0 saturated heterocycles. The molecule has 6 atom stereocenters. The molecule has 1 heterocycles. The van der Waals surface area contributed by atoms with Gasteiger partial charge in [-0.25, -0.2) is 4.79 Å². The zero-order valence-electron chi connectivity index (χ0n) is 34.8. The minimum atomic E-state index is -1.04. The third kappa shape index (κ3) is 13.7. The highest BCUT2D eigenvalue weighted by atomic mass is 16.6. The number of hydrogen-bond acceptors (Lipinski definition) is 10. The number of unbranched alkanes of at least 4 members (excludes halogenated alkanes) is 2. The van der Waals surface area contributed by atoms with Crippen molar-refractivity contribution in [1.82, 2.24) is 15.5 Å². The summed E-state index contributed by atoms with van der Waals surface area (Å²) in [6, 6.07) is 7.22. The summed E-state index contributed by atoms with van der Waals surface area (Å²) in [4.78, 5) is 69.1. The van der Waals surface area contributed by atoms with Gasteiger partial charge in [-0.2, -0.15) is 0 Å². The summed E-state index contributed by atoms with van der Waals surface area (Å²) in [6.45, 7) is 14.0. The van der Waals surface area contributed by atoms with Crippen LogP contribution in [0, 0.1) is 11.8 Å². The molecule has 0 aromatic heterocycles. The monoisotopic (exact) mass is 790 g/mol. The molecule has 2 aliphatic rings. The number of carbonyl (C=O) groups excluding carboxylic acids is 5. The van der Waals surface area contributed by atoms with Gasteiger partial charge in [-0.3, -0.25) is 24.1 Å². The van der Waals surface area contributed by atoms with Crippen molar-refractivity contribution in [1.29, 1.82) is 0 Å². The van der Waals surface area contributed by atoms with Crippen molar-refractivity contribution < 1.29 is 43.3 Å². The molecular weight excluding hydrogens is 729 g/mol. The Balaban J connectivity index is 2.00. The third-order valence-electron chi connectivity index (χ3n) is 10.3. The number of Topliss-reactive ketones (excluding diaryl/α,β-unsaturated/α-hetero) is 1. The number of nitrogens with one attached hydrogen (secondary N) is 2. The molecule has 0 spiro atoms. The van der Waals surface area contributed by atoms with Crippen LogP contribution in [0.25, 0.3) is 0 Å². The van der Waals surface area contributed by atoms with Crippen molar-refractivity contribution >= 4 is 29.5 Å². The van der Waals surface area contributed by atoms with Crippen LogP contribution in [0.2, 0.25) is 0 Å². The zero-order chi connectivity index (χ0) is 42.2. The molecule has 312 valence electrons. The number of nitrogens with two attached hydrogens (primary N) is 1. The first-order valence-corrected chi connectivity index (χ1v) is 19.8. The second-order valence-electron chi connectivity index (χ2n) is 15.1. The number of allylic oxidation sites excluding steroid dienone is 4. The van der Waals surface area contributed by atoms with Crippen LogP contribution >= 0.6 is 0 Å². The van der Waals surface area contributed by atoms with Gasteiger partial charge in [-0.05, 0) is 81.8 Å². The van der Waals surface area contributed by atoms with Crippen LogP contribution < -0.4 is 16.4 Å². The van der Waals surface area contributed by atoms with Gasteiger partial charge in [-0.1, -0.05) is 77.0 Å². The van der Waals surface area contributed by atoms with Crippen LogP contribution in [-0.2, 0) is 35.1 Å². The number of hydrogen-bond donors (Lipinski definition) is 4. The smallest absolute Gasteiger partial charge is 0.405 e. The van der Waals surface area contributed by atoms with Crippen LogP contribution in [0.15, 0.2) is 82.8 Å². The van der Waals surface area contributed by atoms with E-state index in [9.17, 15) is 29.1 Å². The SMILES string of the molecule is CCCCN(CCCC)Cc1ccc(C(=O)NC2=C3C[C@@H](C)C[C@@H](OC)[C@@H](O)[C@@H](C)/C=C(/C)[C@@H](OC(N)=O)[C@H](OC)/C=C\C=C(\C)C(=O)NC(=CC2=O)C3=O)cc1. The Morgan fingerprint density at radius 1 is 1.00 bits per heavy atom. The Kier molecular flexibility index (Phi) is 18.8. The first-order chi connectivity index (χ1) is 27.1. The molecule has 13 heteroatoms. The van der Waals surface area contributed by atoms with E-state index in [4.69, 9.17) is 19.9 Å². The Bertz CT molecular complexity index is 1740. The van der Waals surface area contributed by atoms with Gasteiger partial charge >= 0.3 is 6.09 Å². The Labute approximate surface area is 337 Å². The van der Waals surface area contributed by atoms with E-state index in [0.29, 0.717) is 11.1 Å². The number of aliphatic hydroxyl groups excluding tert-OH is 1. The van der Waals surface area contributed by atoms with Gasteiger partial charge in [0.2, 0.25) is 11.6 Å². The number of nitrogens with zero attached hydrogens (tertiary/aromatic N) is 1. The highest BCUT2D eigenvalue weighted by Gasteiger charge is 2.34. The van der Waals surface area contributed by atoms with Crippen molar-refractivity contribution in [2.75, 3.05) is 27.3 Å². The number of ketones is 2. The summed E-state index contributed by atoms with van der Waals surface area (Å²) >= 11 is 0. The lowest BCUT2D eigenvalue weighted by atomic mass is 9.85. The summed E-state index contributed by atoms with van der Waals surface area (Å²) in [5.74, 6) is -3.31. The summed E-state index contributed by atoms with van der Waals surface area (Å²) < 4.78 is 16.7. The number of methoxy groups -OCH3 is 2. The number of carbonyl (C=O) groups is 5. The lowest BCUT2D eigenvalue weighted by Gasteiger charge is -2.30. The fourth-order valence-electron chi connectivity index (χ4n) is 6.96. The lowest BCUT2D eigenvalue weighted by molar-refractivity contribution is -0.120. The van der Waals surface area contributed by atoms with E-state index in [1.165, 1.54) is 33.3 Å². The number of benzene rings is 1. The van der Waals surface area contributed by atoms with E-state index in [1.807, 2.05) is 19.1 Å². The van der Waals surface area contributed by atoms with E-state index >= 15 is 0 Å². The fourth-order valence-corrected chi connectivity index (χ4v) is 6.96. The number of primary amides is 1. The van der Waals surface area contributed by atoms with Gasteiger partial charge in [0, 0.05) is 49.5 Å². The normalized spacial score (nSPS) is 26.5. The molecule has 0 fully saturated rings. The summed E-state index contributed by atoms with van der Waals surface area (Å²) in [6.07, 6.45) is 7.51. The first-order valence-electron chi connectivity index (χ1n) is 19.8. The van der Waals surface area contributed by atoms with Crippen molar-refractivity contribution in [2.45, 2.75) is 111 Å². The number of ether oxygens (including phenoxy) is 3. The number of aliphatic hydroxyl groups is 1. The summed E-state index contributed by atoms with van der Waals surface area (Å²) in [5.41, 5.74) is 7.16. The third-order valence-corrected chi connectivity index (χ3v) is 10.3. The van der Waals surface area contributed by atoms with Gasteiger partial charge in [0.05, 0.1) is 23.6 Å². The molecule has 0 saturated carbocycles. The van der Waals surface area contributed by atoms with Crippen LogP contribution in [0.3, 0.4) is 0 Å². The highest BCUT2D eigenvalue weighted by Crippen LogP contribution is 2.29. The van der Waals surface area contributed by atoms with Gasteiger partial charge in [0.15, 0.2) is 6.10 Å². The van der Waals surface area contributed by atoms with Crippen LogP contribution in [0.5, 0.6) is 0 Å². The predicted octanol–water partition coefficient (Wildman–Crippen LogP) is 5.59. The van der Waals surface area contributed by atoms with Gasteiger partial charge in [0.25, 0.3) is 11.8 Å². The van der Waals surface area contributed by atoms with Crippen LogP contribution in [0.4, 0.5) is 4.79 Å². The van der Waals surface area contributed by atoms with E-state index in [0.717, 1.165) is 57.0 Å². The molecule has 1 aromatic rings. The molecule has 1 aliphatic carbocycles. The summed E-state index contributed by atoms with van der Waals surface area (Å²) in [5, 5.41) is 16.7. The Hall–Kier alpha value is -4.69. The molecule has 57 heavy (non-hydrogen) atoms. The molecule has 0 radical (unpaired) electrons. The largest absolute Gasteiger partial charge is 0.439 e. The quantitative estimate of drug-likeness (QED) is 0.145. The highest BCUT2D eigenvalue weighted by molar-refractivity contribution is 6.24. The molecule has 1 aromatic carbocycles. The van der Waals surface area contributed by atoms with E-state index < -0.39 is 59.8 Å². The van der Waals surface area contributed by atoms with Crippen molar-refractivity contribution in [3.05, 3.63) is 93.9 Å². The fraction of sp³-hybridized carbons (Fsp3) is 0.523. The predicted molar refractivity (Wildman–Crippen MR) is 219 cm³/mol. The Morgan fingerprint density at radius 2 is 1.65 bits per heavy atom. The summed E-state index contributed by atoms with van der Waals surface area (Å²) in [7, 11) is 2.89. The Morgan fingerprint density at radius 3 is 2.23 bits per heavy atom. The number of fused-ring (bicyclic) bond motifs is 2. The number of amides is 3. The van der Waals surface area contributed by atoms with Crippen LogP contribution in [-0.4, -0.2) is 91.2 Å². The molecule has 2 bridgehead atoms. The second-order valence-corrected chi connectivity index (χ2v) is 15.1. The van der Waals surface area contributed by atoms with E-state index in [1.54, 1.807) is 38.1 Å². The molecule has 0 unspecified atom stereocenters. The van der Waals surface area contributed by atoms with Gasteiger partial charge < -0.3 is 35.7 Å². The van der Waals surface area contributed by atoms with E-state index in [-0.39, 0.29) is 41.3 Å². The van der Waals surface area contributed by atoms with Gasteiger partial charge in [0.1, 0.15) is 6.10 Å². The average Bonchev–Trinajstić information content (AvgIpc) is 3.18. The molecule has 5 N–H and O–H groups in total. The first kappa shape index (κ1) is 46.7. The topological polar surface area (TPSA) is 187 Å². The van der Waals surface area contributed by atoms with Crippen molar-refractivity contribution in [3.63, 3.8) is 0 Å². The zero-order valence-corrected chi connectivity index (χ0v) is 34.8. The van der Waals surface area contributed by atoms with Crippen molar-refractivity contribution in [3.8, 4) is 0 Å². The lowest BCUT2D eigenvalue weighted by Crippen LogP contribution is -2.38. The molecule has 13 nitrogen and oxygen atoms in total. The molecule has 3 rings (SSSR count). The van der Waals surface area contributed by atoms with Crippen molar-refractivity contribution in [2.24, 2.45) is 17.6 Å². The standard InChI is InChI=1S/C44H62N4O9/c1-9-11-20-48(21-12-10-2)26-31-16-18-32(19-17-31)43(53)47-38-33-22-27(3)23-37(56-8)39(50)29(5)24-30(6)41(57-44(45)54)36(55-7)15-13-14-28(4)42(52)46-34(40(33)51)25-35(38)49/h13-19,24-25,27,29,36-37,39,41,50H,9-12,20-23,26H2,1-8H3,(H2,45,54)(H,46,52)(H,47,53)/b15-13-,28-14-,30-24-/t27-,29+,36-,37-,39+,41-/m1/s1. The maximum atomic E-state index is 14.1. The maximum absolute atomic E-state index is 14.1. The minimum Gasteiger partial charge on any atom is -0.439 e. The molecule has 1 aliphatic heterocycles. The number of rotatable bonds is 13. The van der Waals surface area contributed by atoms with Crippen LogP contribution in [0.1, 0.15) is 96.0 Å². The van der Waals surface area contributed by atoms with Gasteiger partial charge in [-0.15, -0.1) is 0 Å².